The van der Waals surface area contributed by atoms with E-state index in [2.05, 4.69) is 10.1 Å². The highest BCUT2D eigenvalue weighted by atomic mass is 19.4. The topological polar surface area (TPSA) is 84.5 Å². The summed E-state index contributed by atoms with van der Waals surface area (Å²) in [5.41, 5.74) is -0.283. The van der Waals surface area contributed by atoms with Gasteiger partial charge in [-0.15, -0.1) is 0 Å². The van der Waals surface area contributed by atoms with E-state index in [1.54, 1.807) is 19.2 Å². The van der Waals surface area contributed by atoms with Gasteiger partial charge < -0.3 is 15.4 Å². The monoisotopic (exact) mass is 378 g/mol. The maximum atomic E-state index is 13.6. The molecule has 10 heteroatoms. The molecule has 0 saturated carbocycles. The third-order valence-electron chi connectivity index (χ3n) is 3.16. The smallest absolute Gasteiger partial charge is 0.405 e. The van der Waals surface area contributed by atoms with E-state index >= 15 is 0 Å². The van der Waals surface area contributed by atoms with Crippen LogP contribution in [0.1, 0.15) is 24.2 Å². The molecule has 144 valence electrons. The summed E-state index contributed by atoms with van der Waals surface area (Å²) in [4.78, 5) is 35.3. The van der Waals surface area contributed by atoms with Crippen molar-refractivity contribution in [2.45, 2.75) is 26.1 Å². The third-order valence-corrected chi connectivity index (χ3v) is 3.16. The Morgan fingerprint density at radius 3 is 2.31 bits per heavy atom. The van der Waals surface area contributed by atoms with Crippen LogP contribution < -0.4 is 10.6 Å². The lowest BCUT2D eigenvalue weighted by molar-refractivity contribution is -0.153. The van der Waals surface area contributed by atoms with Crippen molar-refractivity contribution in [3.8, 4) is 0 Å². The molecule has 0 aliphatic rings. The van der Waals surface area contributed by atoms with Crippen LogP contribution in [0.4, 0.5) is 17.6 Å². The molecule has 0 radical (unpaired) electrons. The number of amides is 2. The van der Waals surface area contributed by atoms with E-state index in [1.165, 1.54) is 18.2 Å². The number of carbonyl (C=O) groups is 3. The number of esters is 1. The normalized spacial score (nSPS) is 12.4. The van der Waals surface area contributed by atoms with Crippen LogP contribution in [0.2, 0.25) is 0 Å². The van der Waals surface area contributed by atoms with Gasteiger partial charge in [-0.2, -0.15) is 13.2 Å². The number of halogens is 4. The van der Waals surface area contributed by atoms with E-state index in [1.807, 2.05) is 0 Å². The van der Waals surface area contributed by atoms with Crippen LogP contribution in [-0.4, -0.2) is 43.2 Å². The predicted molar refractivity (Wildman–Crippen MR) is 82.5 cm³/mol. The minimum Gasteiger partial charge on any atom is -0.454 e. The highest BCUT2D eigenvalue weighted by Crippen LogP contribution is 2.12. The number of alkyl halides is 3. The first-order valence-corrected chi connectivity index (χ1v) is 7.56. The molecule has 6 nitrogen and oxygen atoms in total. The number of carbonyl (C=O) groups excluding carboxylic acids is 3. The quantitative estimate of drug-likeness (QED) is 0.560. The van der Waals surface area contributed by atoms with Gasteiger partial charge in [0.05, 0.1) is 5.56 Å². The SMILES string of the molecule is CC(C)[C@H](NC(=O)c1ccccc1F)C(=O)OCC(=O)NCC(F)(F)F. The van der Waals surface area contributed by atoms with Crippen molar-refractivity contribution in [1.29, 1.82) is 0 Å². The van der Waals surface area contributed by atoms with Crippen LogP contribution >= 0.6 is 0 Å². The van der Waals surface area contributed by atoms with Gasteiger partial charge in [0, 0.05) is 0 Å². The predicted octanol–water partition coefficient (Wildman–Crippen LogP) is 1.80. The summed E-state index contributed by atoms with van der Waals surface area (Å²) >= 11 is 0. The molecule has 2 amide bonds. The first kappa shape index (κ1) is 21.4. The lowest BCUT2D eigenvalue weighted by Gasteiger charge is -2.21. The van der Waals surface area contributed by atoms with Crippen molar-refractivity contribution in [3.05, 3.63) is 35.6 Å². The largest absolute Gasteiger partial charge is 0.454 e. The minimum atomic E-state index is -4.59. The molecule has 1 atom stereocenters. The standard InChI is InChI=1S/C16H18F4N2O4/c1-9(2)13(22-14(24)10-5-3-4-6-11(10)17)15(25)26-7-12(23)21-8-16(18,19)20/h3-6,9,13H,7-8H2,1-2H3,(H,21,23)(H,22,24)/t13-/m0/s1. The van der Waals surface area contributed by atoms with Gasteiger partial charge in [0.2, 0.25) is 0 Å². The summed E-state index contributed by atoms with van der Waals surface area (Å²) in [5.74, 6) is -4.28. The Kier molecular flexibility index (Phi) is 7.54. The Morgan fingerprint density at radius 2 is 1.77 bits per heavy atom. The summed E-state index contributed by atoms with van der Waals surface area (Å²) in [6.45, 7) is 0.642. The zero-order valence-corrected chi connectivity index (χ0v) is 14.0. The Morgan fingerprint density at radius 1 is 1.15 bits per heavy atom. The molecular formula is C16H18F4N2O4. The molecule has 0 aromatic heterocycles. The first-order valence-electron chi connectivity index (χ1n) is 7.56. The number of nitrogens with one attached hydrogen (secondary N) is 2. The average molecular weight is 378 g/mol. The lowest BCUT2D eigenvalue weighted by Crippen LogP contribution is -2.46. The molecule has 0 aliphatic heterocycles. The number of ether oxygens (including phenoxy) is 1. The second-order valence-corrected chi connectivity index (χ2v) is 5.67. The van der Waals surface area contributed by atoms with E-state index in [9.17, 15) is 31.9 Å². The van der Waals surface area contributed by atoms with Crippen LogP contribution in [0, 0.1) is 11.7 Å². The van der Waals surface area contributed by atoms with E-state index in [-0.39, 0.29) is 5.56 Å². The second kappa shape index (κ2) is 9.16. The molecule has 0 aliphatic carbocycles. The van der Waals surface area contributed by atoms with Gasteiger partial charge in [-0.3, -0.25) is 9.59 Å². The molecule has 0 bridgehead atoms. The molecule has 1 aromatic rings. The number of hydrogen-bond acceptors (Lipinski definition) is 4. The molecule has 0 heterocycles. The van der Waals surface area contributed by atoms with Crippen LogP contribution in [0.15, 0.2) is 24.3 Å². The van der Waals surface area contributed by atoms with E-state index < -0.39 is 54.9 Å². The Labute approximate surface area is 146 Å². The molecule has 0 unspecified atom stereocenters. The first-order chi connectivity index (χ1) is 12.0. The summed E-state index contributed by atoms with van der Waals surface area (Å²) in [6.07, 6.45) is -4.59. The fourth-order valence-corrected chi connectivity index (χ4v) is 1.84. The zero-order chi connectivity index (χ0) is 19.9. The third kappa shape index (κ3) is 7.08. The summed E-state index contributed by atoms with van der Waals surface area (Å²) in [7, 11) is 0. The van der Waals surface area contributed by atoms with Gasteiger partial charge in [0.15, 0.2) is 6.61 Å². The van der Waals surface area contributed by atoms with Crippen molar-refractivity contribution in [2.75, 3.05) is 13.2 Å². The van der Waals surface area contributed by atoms with Crippen LogP contribution in [-0.2, 0) is 14.3 Å². The van der Waals surface area contributed by atoms with E-state index in [0.717, 1.165) is 6.07 Å². The second-order valence-electron chi connectivity index (χ2n) is 5.67. The summed E-state index contributed by atoms with van der Waals surface area (Å²) in [6, 6.07) is 3.91. The average Bonchev–Trinajstić information content (AvgIpc) is 2.54. The van der Waals surface area contributed by atoms with Crippen LogP contribution in [0.5, 0.6) is 0 Å². The van der Waals surface area contributed by atoms with Gasteiger partial charge in [-0.25, -0.2) is 9.18 Å². The van der Waals surface area contributed by atoms with Crippen molar-refractivity contribution in [1.82, 2.24) is 10.6 Å². The van der Waals surface area contributed by atoms with Gasteiger partial charge in [-0.05, 0) is 18.1 Å². The van der Waals surface area contributed by atoms with Crippen molar-refractivity contribution >= 4 is 17.8 Å². The maximum Gasteiger partial charge on any atom is 0.405 e. The summed E-state index contributed by atoms with van der Waals surface area (Å²) < 4.78 is 54.2. The number of benzene rings is 1. The van der Waals surface area contributed by atoms with E-state index in [4.69, 9.17) is 0 Å². The molecule has 0 saturated heterocycles. The fraction of sp³-hybridized carbons (Fsp3) is 0.438. The molecule has 1 rings (SSSR count). The highest BCUT2D eigenvalue weighted by Gasteiger charge is 2.29. The maximum absolute atomic E-state index is 13.6. The molecule has 26 heavy (non-hydrogen) atoms. The lowest BCUT2D eigenvalue weighted by atomic mass is 10.0. The molecular weight excluding hydrogens is 360 g/mol. The highest BCUT2D eigenvalue weighted by molar-refractivity contribution is 5.97. The number of hydrogen-bond donors (Lipinski definition) is 2. The zero-order valence-electron chi connectivity index (χ0n) is 14.0. The van der Waals surface area contributed by atoms with E-state index in [0.29, 0.717) is 0 Å². The van der Waals surface area contributed by atoms with Crippen LogP contribution in [0.25, 0.3) is 0 Å². The molecule has 2 N–H and O–H groups in total. The Hall–Kier alpha value is -2.65. The molecule has 0 spiro atoms. The van der Waals surface area contributed by atoms with Gasteiger partial charge in [0.25, 0.3) is 11.8 Å². The van der Waals surface area contributed by atoms with Gasteiger partial charge in [-0.1, -0.05) is 26.0 Å². The Balaban J connectivity index is 2.63. The molecule has 1 aromatic carbocycles. The Bertz CT molecular complexity index is 662. The van der Waals surface area contributed by atoms with Gasteiger partial charge in [0.1, 0.15) is 18.4 Å². The van der Waals surface area contributed by atoms with Crippen molar-refractivity contribution in [2.24, 2.45) is 5.92 Å². The number of rotatable bonds is 7. The van der Waals surface area contributed by atoms with Crippen molar-refractivity contribution in [3.63, 3.8) is 0 Å². The molecule has 0 fully saturated rings. The minimum absolute atomic E-state index is 0.283. The van der Waals surface area contributed by atoms with Gasteiger partial charge >= 0.3 is 12.1 Å². The van der Waals surface area contributed by atoms with Crippen molar-refractivity contribution < 1.29 is 36.7 Å². The fourth-order valence-electron chi connectivity index (χ4n) is 1.84. The van der Waals surface area contributed by atoms with Crippen LogP contribution in [0.3, 0.4) is 0 Å². The summed E-state index contributed by atoms with van der Waals surface area (Å²) in [5, 5.41) is 3.83.